The summed E-state index contributed by atoms with van der Waals surface area (Å²) in [7, 11) is 0. The molecule has 0 saturated heterocycles. The fourth-order valence-corrected chi connectivity index (χ4v) is 5.48. The number of unbranched alkanes of at least 4 members (excludes halogenated alkanes) is 1. The van der Waals surface area contributed by atoms with Crippen molar-refractivity contribution in [2.75, 3.05) is 0 Å². The predicted molar refractivity (Wildman–Crippen MR) is 116 cm³/mol. The zero-order valence-corrected chi connectivity index (χ0v) is 18.1. The molecule has 3 rings (SSSR count). The van der Waals surface area contributed by atoms with Crippen LogP contribution in [0.2, 0.25) is 0 Å². The van der Waals surface area contributed by atoms with Crippen molar-refractivity contribution in [2.24, 2.45) is 23.7 Å². The molecule has 2 aliphatic carbocycles. The van der Waals surface area contributed by atoms with Gasteiger partial charge in [0, 0.05) is 0 Å². The average Bonchev–Trinajstić information content (AvgIpc) is 2.74. The van der Waals surface area contributed by atoms with Gasteiger partial charge in [0.1, 0.15) is 5.75 Å². The Morgan fingerprint density at radius 3 is 2.04 bits per heavy atom. The molecule has 1 aromatic rings. The summed E-state index contributed by atoms with van der Waals surface area (Å²) in [6, 6.07) is 8.07. The first kappa shape index (κ1) is 21.4. The second-order valence-corrected chi connectivity index (χ2v) is 9.35. The van der Waals surface area contributed by atoms with Gasteiger partial charge in [0.25, 0.3) is 0 Å². The van der Waals surface area contributed by atoms with Crippen LogP contribution < -0.4 is 4.74 Å². The minimum Gasteiger partial charge on any atom is -0.426 e. The van der Waals surface area contributed by atoms with Crippen LogP contribution in [-0.2, 0) is 11.2 Å². The Kier molecular flexibility index (Phi) is 8.43. The van der Waals surface area contributed by atoms with Gasteiger partial charge in [-0.3, -0.25) is 4.79 Å². The van der Waals surface area contributed by atoms with Crippen LogP contribution in [0.1, 0.15) is 96.5 Å². The highest BCUT2D eigenvalue weighted by Gasteiger charge is 2.33. The predicted octanol–water partition coefficient (Wildman–Crippen LogP) is 7.35. The number of benzene rings is 1. The number of ether oxygens (including phenoxy) is 1. The molecule has 0 heterocycles. The van der Waals surface area contributed by atoms with Crippen LogP contribution in [0.25, 0.3) is 0 Å². The average molecular weight is 385 g/mol. The van der Waals surface area contributed by atoms with Crippen LogP contribution in [0, 0.1) is 23.7 Å². The van der Waals surface area contributed by atoms with Gasteiger partial charge in [-0.1, -0.05) is 64.5 Å². The first-order chi connectivity index (χ1) is 13.7. The third-order valence-electron chi connectivity index (χ3n) is 7.31. The molecular formula is C26H40O2. The lowest BCUT2D eigenvalue weighted by Gasteiger charge is -2.37. The molecule has 0 aliphatic heterocycles. The zero-order valence-electron chi connectivity index (χ0n) is 18.1. The van der Waals surface area contributed by atoms with E-state index < -0.39 is 0 Å². The molecular weight excluding hydrogens is 344 g/mol. The molecule has 28 heavy (non-hydrogen) atoms. The Morgan fingerprint density at radius 2 is 1.46 bits per heavy atom. The Morgan fingerprint density at radius 1 is 0.857 bits per heavy atom. The summed E-state index contributed by atoms with van der Waals surface area (Å²) < 4.78 is 5.68. The standard InChI is InChI=1S/C26H40O2/c1-3-5-7-21-8-12-22(13-9-21)23-14-16-24(17-15-23)26(27)28-25-18-10-20(6-4-2)11-19-25/h10-11,18-19,21-24H,3-9,12-17H2,1-2H3. The number of esters is 1. The summed E-state index contributed by atoms with van der Waals surface area (Å²) in [6.45, 7) is 4.49. The molecule has 2 fully saturated rings. The Labute approximate surface area is 172 Å². The molecule has 0 spiro atoms. The number of carbonyl (C=O) groups is 1. The van der Waals surface area contributed by atoms with E-state index in [2.05, 4.69) is 26.0 Å². The van der Waals surface area contributed by atoms with E-state index >= 15 is 0 Å². The van der Waals surface area contributed by atoms with Gasteiger partial charge in [-0.2, -0.15) is 0 Å². The van der Waals surface area contributed by atoms with E-state index in [0.29, 0.717) is 5.75 Å². The Hall–Kier alpha value is -1.31. The maximum atomic E-state index is 12.6. The van der Waals surface area contributed by atoms with E-state index in [9.17, 15) is 4.79 Å². The molecule has 0 atom stereocenters. The summed E-state index contributed by atoms with van der Waals surface area (Å²) in [5, 5.41) is 0. The molecule has 0 amide bonds. The lowest BCUT2D eigenvalue weighted by Crippen LogP contribution is -2.30. The van der Waals surface area contributed by atoms with Crippen molar-refractivity contribution in [3.63, 3.8) is 0 Å². The second-order valence-electron chi connectivity index (χ2n) is 9.35. The minimum absolute atomic E-state index is 0.00929. The summed E-state index contributed by atoms with van der Waals surface area (Å²) in [4.78, 5) is 12.6. The fraction of sp³-hybridized carbons (Fsp3) is 0.731. The number of hydrogen-bond acceptors (Lipinski definition) is 2. The highest BCUT2D eigenvalue weighted by Crippen LogP contribution is 2.42. The van der Waals surface area contributed by atoms with Crippen LogP contribution >= 0.6 is 0 Å². The van der Waals surface area contributed by atoms with E-state index in [4.69, 9.17) is 4.74 Å². The zero-order chi connectivity index (χ0) is 19.8. The maximum absolute atomic E-state index is 12.6. The smallest absolute Gasteiger partial charge is 0.314 e. The molecule has 0 N–H and O–H groups in total. The largest absolute Gasteiger partial charge is 0.426 e. The molecule has 0 bridgehead atoms. The van der Waals surface area contributed by atoms with Crippen LogP contribution in [-0.4, -0.2) is 5.97 Å². The Balaban J connectivity index is 1.39. The number of carbonyl (C=O) groups excluding carboxylic acids is 1. The molecule has 2 saturated carbocycles. The van der Waals surface area contributed by atoms with Gasteiger partial charge in [-0.05, 0) is 80.4 Å². The van der Waals surface area contributed by atoms with Crippen LogP contribution in [0.4, 0.5) is 0 Å². The van der Waals surface area contributed by atoms with Crippen molar-refractivity contribution in [3.8, 4) is 5.75 Å². The van der Waals surface area contributed by atoms with E-state index in [0.717, 1.165) is 43.4 Å². The molecule has 0 radical (unpaired) electrons. The molecule has 2 aliphatic rings. The normalized spacial score (nSPS) is 28.1. The van der Waals surface area contributed by atoms with Crippen LogP contribution in [0.3, 0.4) is 0 Å². The van der Waals surface area contributed by atoms with Crippen LogP contribution in [0.15, 0.2) is 24.3 Å². The number of hydrogen-bond donors (Lipinski definition) is 0. The van der Waals surface area contributed by atoms with E-state index in [1.165, 1.54) is 63.4 Å². The van der Waals surface area contributed by atoms with Gasteiger partial charge in [0.05, 0.1) is 5.92 Å². The van der Waals surface area contributed by atoms with Crippen molar-refractivity contribution in [1.29, 1.82) is 0 Å². The summed E-state index contributed by atoms with van der Waals surface area (Å²) >= 11 is 0. The molecule has 0 aromatic heterocycles. The fourth-order valence-electron chi connectivity index (χ4n) is 5.48. The molecule has 1 aromatic carbocycles. The highest BCUT2D eigenvalue weighted by molar-refractivity contribution is 5.75. The quantitative estimate of drug-likeness (QED) is 0.346. The van der Waals surface area contributed by atoms with Crippen molar-refractivity contribution < 1.29 is 9.53 Å². The minimum atomic E-state index is -0.00929. The van der Waals surface area contributed by atoms with Gasteiger partial charge in [0.2, 0.25) is 0 Å². The van der Waals surface area contributed by atoms with Gasteiger partial charge in [-0.25, -0.2) is 0 Å². The third-order valence-corrected chi connectivity index (χ3v) is 7.31. The molecule has 156 valence electrons. The van der Waals surface area contributed by atoms with Gasteiger partial charge in [0.15, 0.2) is 0 Å². The van der Waals surface area contributed by atoms with E-state index in [1.54, 1.807) is 0 Å². The summed E-state index contributed by atoms with van der Waals surface area (Å²) in [5.74, 6) is 3.56. The number of aryl methyl sites for hydroxylation is 1. The van der Waals surface area contributed by atoms with Crippen molar-refractivity contribution >= 4 is 5.97 Å². The SMILES string of the molecule is CCCCC1CCC(C2CCC(C(=O)Oc3ccc(CCC)cc3)CC2)CC1. The monoisotopic (exact) mass is 384 g/mol. The molecule has 2 nitrogen and oxygen atoms in total. The van der Waals surface area contributed by atoms with Crippen LogP contribution in [0.5, 0.6) is 5.75 Å². The lowest BCUT2D eigenvalue weighted by atomic mass is 9.68. The van der Waals surface area contributed by atoms with Gasteiger partial charge >= 0.3 is 5.97 Å². The first-order valence-electron chi connectivity index (χ1n) is 12.0. The van der Waals surface area contributed by atoms with Crippen molar-refractivity contribution in [1.82, 2.24) is 0 Å². The van der Waals surface area contributed by atoms with E-state index in [1.807, 2.05) is 12.1 Å². The molecule has 0 unspecified atom stereocenters. The lowest BCUT2D eigenvalue weighted by molar-refractivity contribution is -0.140. The van der Waals surface area contributed by atoms with E-state index in [-0.39, 0.29) is 11.9 Å². The van der Waals surface area contributed by atoms with Gasteiger partial charge in [-0.15, -0.1) is 0 Å². The van der Waals surface area contributed by atoms with Crippen molar-refractivity contribution in [3.05, 3.63) is 29.8 Å². The summed E-state index contributed by atoms with van der Waals surface area (Å²) in [5.41, 5.74) is 1.31. The third kappa shape index (κ3) is 6.09. The molecule has 2 heteroatoms. The second kappa shape index (κ2) is 11.0. The van der Waals surface area contributed by atoms with Gasteiger partial charge < -0.3 is 4.74 Å². The highest BCUT2D eigenvalue weighted by atomic mass is 16.5. The summed E-state index contributed by atoms with van der Waals surface area (Å²) in [6.07, 6.45) is 16.6. The number of rotatable bonds is 8. The van der Waals surface area contributed by atoms with Crippen molar-refractivity contribution in [2.45, 2.75) is 97.3 Å². The topological polar surface area (TPSA) is 26.3 Å². The maximum Gasteiger partial charge on any atom is 0.314 e. The first-order valence-corrected chi connectivity index (χ1v) is 12.0. The Bertz CT molecular complexity index is 575.